The third-order valence-electron chi connectivity index (χ3n) is 3.42. The predicted molar refractivity (Wildman–Crippen MR) is 88.2 cm³/mol. The molecule has 1 heterocycles. The third-order valence-corrected chi connectivity index (χ3v) is 4.73. The van der Waals surface area contributed by atoms with Crippen molar-refractivity contribution in [1.82, 2.24) is 0 Å². The van der Waals surface area contributed by atoms with E-state index in [4.69, 9.17) is 22.1 Å². The van der Waals surface area contributed by atoms with Gasteiger partial charge in [0, 0.05) is 37.6 Å². The van der Waals surface area contributed by atoms with Gasteiger partial charge in [-0.05, 0) is 30.3 Å². The van der Waals surface area contributed by atoms with Crippen molar-refractivity contribution in [3.8, 4) is 5.75 Å². The maximum atomic E-state index is 6.30. The van der Waals surface area contributed by atoms with Crippen LogP contribution in [0.1, 0.15) is 29.7 Å². The van der Waals surface area contributed by atoms with Crippen LogP contribution in [0.2, 0.25) is 5.02 Å². The Bertz CT molecular complexity index is 662. The number of rotatable bonds is 1. The molecule has 3 rings (SSSR count). The van der Waals surface area contributed by atoms with Crippen molar-refractivity contribution in [3.63, 3.8) is 0 Å². The highest BCUT2D eigenvalue weighted by Crippen LogP contribution is 2.42. The molecule has 0 radical (unpaired) electrons. The Labute approximate surface area is 139 Å². The summed E-state index contributed by atoms with van der Waals surface area (Å²) in [5.41, 5.74) is 8.27. The summed E-state index contributed by atoms with van der Waals surface area (Å²) in [6.07, 6.45) is 0.601. The minimum Gasteiger partial charge on any atom is -0.485 e. The standard InChI is InChI=1S/C15H12Br2ClNO/c16-8-2-4-14-11(5-8)13(19)7-15(20-14)10-3-1-9(17)6-12(10)18/h1-6,13,15H,7,19H2. The molecule has 0 bridgehead atoms. The lowest BCUT2D eigenvalue weighted by Gasteiger charge is -2.31. The van der Waals surface area contributed by atoms with E-state index >= 15 is 0 Å². The molecular weight excluding hydrogens is 405 g/mol. The highest BCUT2D eigenvalue weighted by Gasteiger charge is 2.28. The van der Waals surface area contributed by atoms with E-state index in [0.717, 1.165) is 25.8 Å². The van der Waals surface area contributed by atoms with Gasteiger partial charge in [-0.3, -0.25) is 0 Å². The molecule has 0 amide bonds. The predicted octanol–water partition coefficient (Wildman–Crippen LogP) is 5.39. The number of hydrogen-bond acceptors (Lipinski definition) is 2. The van der Waals surface area contributed by atoms with Crippen LogP contribution in [-0.4, -0.2) is 0 Å². The van der Waals surface area contributed by atoms with Crippen LogP contribution in [0.15, 0.2) is 45.3 Å². The SMILES string of the molecule is NC1CC(c2ccc(Br)cc2Cl)Oc2ccc(Br)cc21. The lowest BCUT2D eigenvalue weighted by Crippen LogP contribution is -2.24. The molecule has 0 aliphatic carbocycles. The van der Waals surface area contributed by atoms with Crippen molar-refractivity contribution in [2.75, 3.05) is 0 Å². The summed E-state index contributed by atoms with van der Waals surface area (Å²) in [6.45, 7) is 0. The fourth-order valence-corrected chi connectivity index (χ4v) is 3.60. The van der Waals surface area contributed by atoms with E-state index in [-0.39, 0.29) is 12.1 Å². The Balaban J connectivity index is 1.97. The number of halogens is 3. The largest absolute Gasteiger partial charge is 0.485 e. The molecule has 1 aliphatic heterocycles. The van der Waals surface area contributed by atoms with Gasteiger partial charge in [0.05, 0.1) is 0 Å². The molecule has 104 valence electrons. The zero-order valence-corrected chi connectivity index (χ0v) is 14.4. The monoisotopic (exact) mass is 415 g/mol. The van der Waals surface area contributed by atoms with E-state index in [2.05, 4.69) is 31.9 Å². The van der Waals surface area contributed by atoms with E-state index in [9.17, 15) is 0 Å². The fraction of sp³-hybridized carbons (Fsp3) is 0.200. The van der Waals surface area contributed by atoms with Crippen LogP contribution in [0.3, 0.4) is 0 Å². The molecule has 2 nitrogen and oxygen atoms in total. The van der Waals surface area contributed by atoms with Crippen molar-refractivity contribution >= 4 is 43.5 Å². The molecule has 20 heavy (non-hydrogen) atoms. The second kappa shape index (κ2) is 5.68. The fourth-order valence-electron chi connectivity index (χ4n) is 2.43. The topological polar surface area (TPSA) is 35.2 Å². The minimum atomic E-state index is -0.112. The molecule has 0 fully saturated rings. The molecule has 5 heteroatoms. The van der Waals surface area contributed by atoms with Crippen molar-refractivity contribution in [2.24, 2.45) is 5.73 Å². The van der Waals surface area contributed by atoms with Gasteiger partial charge >= 0.3 is 0 Å². The molecule has 2 unspecified atom stereocenters. The summed E-state index contributed by atoms with van der Waals surface area (Å²) in [7, 11) is 0. The van der Waals surface area contributed by atoms with Crippen LogP contribution in [0.4, 0.5) is 0 Å². The van der Waals surface area contributed by atoms with Crippen molar-refractivity contribution in [3.05, 3.63) is 61.5 Å². The summed E-state index contributed by atoms with van der Waals surface area (Å²) in [6, 6.07) is 11.7. The average Bonchev–Trinajstić information content (AvgIpc) is 2.39. The van der Waals surface area contributed by atoms with Crippen molar-refractivity contribution < 1.29 is 4.74 Å². The van der Waals surface area contributed by atoms with E-state index in [0.29, 0.717) is 11.4 Å². The first-order chi connectivity index (χ1) is 9.54. The molecule has 0 saturated carbocycles. The average molecular weight is 418 g/mol. The lowest BCUT2D eigenvalue weighted by atomic mass is 9.93. The van der Waals surface area contributed by atoms with E-state index in [1.165, 1.54) is 0 Å². The number of benzene rings is 2. The number of hydrogen-bond donors (Lipinski definition) is 1. The summed E-state index contributed by atoms with van der Waals surface area (Å²) >= 11 is 13.2. The van der Waals surface area contributed by atoms with Gasteiger partial charge in [0.25, 0.3) is 0 Å². The Morgan fingerprint density at radius 1 is 1.05 bits per heavy atom. The van der Waals surface area contributed by atoms with Crippen LogP contribution in [0, 0.1) is 0 Å². The summed E-state index contributed by atoms with van der Waals surface area (Å²) in [4.78, 5) is 0. The van der Waals surface area contributed by atoms with Crippen LogP contribution in [-0.2, 0) is 0 Å². The van der Waals surface area contributed by atoms with E-state index in [1.807, 2.05) is 36.4 Å². The van der Waals surface area contributed by atoms with Crippen molar-refractivity contribution in [1.29, 1.82) is 0 Å². The summed E-state index contributed by atoms with van der Waals surface area (Å²) in [5.74, 6) is 0.830. The van der Waals surface area contributed by atoms with Crippen LogP contribution >= 0.6 is 43.5 Å². The quantitative estimate of drug-likeness (QED) is 0.675. The number of ether oxygens (including phenoxy) is 1. The maximum absolute atomic E-state index is 6.30. The Hall–Kier alpha value is -0.550. The summed E-state index contributed by atoms with van der Waals surface area (Å²) < 4.78 is 8.03. The van der Waals surface area contributed by atoms with Crippen LogP contribution in [0.25, 0.3) is 0 Å². The molecule has 2 N–H and O–H groups in total. The normalized spacial score (nSPS) is 21.2. The number of fused-ring (bicyclic) bond motifs is 1. The minimum absolute atomic E-state index is 0.0547. The van der Waals surface area contributed by atoms with Gasteiger partial charge in [0.2, 0.25) is 0 Å². The Morgan fingerprint density at radius 3 is 2.50 bits per heavy atom. The Morgan fingerprint density at radius 2 is 1.75 bits per heavy atom. The molecule has 0 aromatic heterocycles. The smallest absolute Gasteiger partial charge is 0.127 e. The highest BCUT2D eigenvalue weighted by molar-refractivity contribution is 9.10. The first-order valence-electron chi connectivity index (χ1n) is 6.21. The molecule has 2 atom stereocenters. The summed E-state index contributed by atoms with van der Waals surface area (Å²) in [5, 5.41) is 0.692. The van der Waals surface area contributed by atoms with Gasteiger partial charge in [0.15, 0.2) is 0 Å². The lowest BCUT2D eigenvalue weighted by molar-refractivity contribution is 0.161. The van der Waals surface area contributed by atoms with Gasteiger partial charge in [-0.1, -0.05) is 49.5 Å². The van der Waals surface area contributed by atoms with Crippen LogP contribution in [0.5, 0.6) is 5.75 Å². The molecule has 0 saturated heterocycles. The van der Waals surface area contributed by atoms with Gasteiger partial charge in [-0.25, -0.2) is 0 Å². The molecule has 0 spiro atoms. The van der Waals surface area contributed by atoms with E-state index < -0.39 is 0 Å². The second-order valence-electron chi connectivity index (χ2n) is 4.80. The zero-order chi connectivity index (χ0) is 14.3. The van der Waals surface area contributed by atoms with Gasteiger partial charge in [0.1, 0.15) is 11.9 Å². The first-order valence-corrected chi connectivity index (χ1v) is 8.17. The molecule has 2 aromatic carbocycles. The van der Waals surface area contributed by atoms with Gasteiger partial charge in [-0.2, -0.15) is 0 Å². The van der Waals surface area contributed by atoms with Gasteiger partial charge < -0.3 is 10.5 Å². The highest BCUT2D eigenvalue weighted by atomic mass is 79.9. The molecule has 1 aliphatic rings. The third kappa shape index (κ3) is 2.75. The first kappa shape index (κ1) is 14.4. The number of nitrogens with two attached hydrogens (primary N) is 1. The Kier molecular flexibility index (Phi) is 4.09. The maximum Gasteiger partial charge on any atom is 0.127 e. The molecule has 2 aromatic rings. The zero-order valence-electron chi connectivity index (χ0n) is 10.4. The van der Waals surface area contributed by atoms with Crippen LogP contribution < -0.4 is 10.5 Å². The van der Waals surface area contributed by atoms with E-state index in [1.54, 1.807) is 0 Å². The molecular formula is C15H12Br2ClNO. The second-order valence-corrected chi connectivity index (χ2v) is 7.04. The van der Waals surface area contributed by atoms with Crippen molar-refractivity contribution in [2.45, 2.75) is 18.6 Å². The van der Waals surface area contributed by atoms with Gasteiger partial charge in [-0.15, -0.1) is 0 Å².